The van der Waals surface area contributed by atoms with Crippen molar-refractivity contribution in [3.8, 4) is 17.0 Å². The van der Waals surface area contributed by atoms with Crippen LogP contribution in [0.15, 0.2) is 30.3 Å². The average molecular weight is 257 g/mol. The molecule has 5 nitrogen and oxygen atoms in total. The number of nitrogens with two attached hydrogens (primary N) is 1. The number of aromatic hydroxyl groups is 1. The summed E-state index contributed by atoms with van der Waals surface area (Å²) in [7, 11) is 0. The molecule has 19 heavy (non-hydrogen) atoms. The Bertz CT molecular complexity index is 595. The van der Waals surface area contributed by atoms with Gasteiger partial charge in [-0.15, -0.1) is 10.2 Å². The second kappa shape index (κ2) is 4.85. The van der Waals surface area contributed by atoms with Crippen LogP contribution in [-0.2, 0) is 4.74 Å². The van der Waals surface area contributed by atoms with Crippen LogP contribution < -0.4 is 5.73 Å². The van der Waals surface area contributed by atoms with Gasteiger partial charge in [0.05, 0.1) is 11.8 Å². The van der Waals surface area contributed by atoms with E-state index in [4.69, 9.17) is 10.5 Å². The standard InChI is InChI=1S/C14H15N3O2/c15-14-10(13-6-3-7-19-13)8-11(16-17-14)9-4-1-2-5-12(9)18/h1-2,4-5,8,13,18H,3,6-7H2,(H2,15,17)/t13-/m1/s1. The van der Waals surface area contributed by atoms with Gasteiger partial charge in [-0.1, -0.05) is 12.1 Å². The minimum Gasteiger partial charge on any atom is -0.507 e. The van der Waals surface area contributed by atoms with Crippen molar-refractivity contribution >= 4 is 5.82 Å². The van der Waals surface area contributed by atoms with E-state index in [0.717, 1.165) is 25.0 Å². The van der Waals surface area contributed by atoms with Gasteiger partial charge in [0.15, 0.2) is 5.82 Å². The van der Waals surface area contributed by atoms with Crippen LogP contribution >= 0.6 is 0 Å². The second-order valence-corrected chi connectivity index (χ2v) is 4.59. The summed E-state index contributed by atoms with van der Waals surface area (Å²) in [5, 5.41) is 17.9. The zero-order valence-electron chi connectivity index (χ0n) is 10.4. The fourth-order valence-corrected chi connectivity index (χ4v) is 2.32. The van der Waals surface area contributed by atoms with Gasteiger partial charge in [0.2, 0.25) is 0 Å². The molecule has 3 N–H and O–H groups in total. The van der Waals surface area contributed by atoms with Crippen LogP contribution in [0.4, 0.5) is 5.82 Å². The number of hydrogen-bond acceptors (Lipinski definition) is 5. The lowest BCUT2D eigenvalue weighted by Gasteiger charge is -2.13. The van der Waals surface area contributed by atoms with E-state index in [-0.39, 0.29) is 11.9 Å². The van der Waals surface area contributed by atoms with Gasteiger partial charge in [0, 0.05) is 17.7 Å². The number of nitrogens with zero attached hydrogens (tertiary/aromatic N) is 2. The Morgan fingerprint density at radius 2 is 2.11 bits per heavy atom. The maximum Gasteiger partial charge on any atom is 0.151 e. The average Bonchev–Trinajstić information content (AvgIpc) is 2.94. The molecule has 0 amide bonds. The van der Waals surface area contributed by atoms with Crippen LogP contribution in [-0.4, -0.2) is 21.9 Å². The molecule has 2 heterocycles. The lowest BCUT2D eigenvalue weighted by atomic mass is 10.0. The number of nitrogen functional groups attached to an aromatic ring is 1. The first-order valence-corrected chi connectivity index (χ1v) is 6.29. The van der Waals surface area contributed by atoms with E-state index >= 15 is 0 Å². The first-order chi connectivity index (χ1) is 9.25. The van der Waals surface area contributed by atoms with Crippen molar-refractivity contribution in [2.45, 2.75) is 18.9 Å². The molecule has 3 rings (SSSR count). The lowest BCUT2D eigenvalue weighted by Crippen LogP contribution is -2.05. The summed E-state index contributed by atoms with van der Waals surface area (Å²) in [5.74, 6) is 0.575. The summed E-state index contributed by atoms with van der Waals surface area (Å²) in [5.41, 5.74) is 7.98. The molecular formula is C14H15N3O2. The minimum absolute atomic E-state index is 0.0138. The van der Waals surface area contributed by atoms with Crippen molar-refractivity contribution < 1.29 is 9.84 Å². The Hall–Kier alpha value is -2.14. The molecular weight excluding hydrogens is 242 g/mol. The normalized spacial score (nSPS) is 18.6. The van der Waals surface area contributed by atoms with Crippen molar-refractivity contribution in [3.63, 3.8) is 0 Å². The number of para-hydroxylation sites is 1. The third kappa shape index (κ3) is 2.24. The van der Waals surface area contributed by atoms with Crippen molar-refractivity contribution in [2.75, 3.05) is 12.3 Å². The second-order valence-electron chi connectivity index (χ2n) is 4.59. The summed E-state index contributed by atoms with van der Waals surface area (Å²) in [4.78, 5) is 0. The highest BCUT2D eigenvalue weighted by atomic mass is 16.5. The van der Waals surface area contributed by atoms with E-state index in [1.54, 1.807) is 18.2 Å². The first-order valence-electron chi connectivity index (χ1n) is 6.29. The fraction of sp³-hybridized carbons (Fsp3) is 0.286. The Kier molecular flexibility index (Phi) is 3.05. The molecule has 1 aromatic carbocycles. The third-order valence-electron chi connectivity index (χ3n) is 3.31. The number of anilines is 1. The van der Waals surface area contributed by atoms with Crippen LogP contribution in [0.2, 0.25) is 0 Å². The predicted molar refractivity (Wildman–Crippen MR) is 71.5 cm³/mol. The van der Waals surface area contributed by atoms with E-state index in [0.29, 0.717) is 17.1 Å². The van der Waals surface area contributed by atoms with E-state index < -0.39 is 0 Å². The molecule has 0 radical (unpaired) electrons. The number of hydrogen-bond donors (Lipinski definition) is 2. The zero-order chi connectivity index (χ0) is 13.2. The number of rotatable bonds is 2. The Balaban J connectivity index is 2.04. The highest BCUT2D eigenvalue weighted by Gasteiger charge is 2.22. The van der Waals surface area contributed by atoms with Gasteiger partial charge in [-0.3, -0.25) is 0 Å². The van der Waals surface area contributed by atoms with Crippen molar-refractivity contribution in [1.29, 1.82) is 0 Å². The van der Waals surface area contributed by atoms with E-state index in [1.807, 2.05) is 12.1 Å². The van der Waals surface area contributed by atoms with Crippen LogP contribution in [0.1, 0.15) is 24.5 Å². The summed E-state index contributed by atoms with van der Waals surface area (Å²) in [6.07, 6.45) is 1.95. The zero-order valence-corrected chi connectivity index (χ0v) is 10.4. The van der Waals surface area contributed by atoms with E-state index in [9.17, 15) is 5.11 Å². The number of phenols is 1. The summed E-state index contributed by atoms with van der Waals surface area (Å²) in [6, 6.07) is 8.89. The molecule has 1 aromatic heterocycles. The summed E-state index contributed by atoms with van der Waals surface area (Å²) in [6.45, 7) is 0.748. The van der Waals surface area contributed by atoms with Crippen LogP contribution in [0.25, 0.3) is 11.3 Å². The highest BCUT2D eigenvalue weighted by molar-refractivity contribution is 5.67. The molecule has 1 aliphatic heterocycles. The van der Waals surface area contributed by atoms with Gasteiger partial charge in [-0.25, -0.2) is 0 Å². The van der Waals surface area contributed by atoms with E-state index in [1.165, 1.54) is 0 Å². The van der Waals surface area contributed by atoms with Crippen LogP contribution in [0, 0.1) is 0 Å². The Morgan fingerprint density at radius 3 is 2.84 bits per heavy atom. The molecule has 1 fully saturated rings. The molecule has 0 bridgehead atoms. The maximum absolute atomic E-state index is 9.86. The Labute approximate surface area is 111 Å². The smallest absolute Gasteiger partial charge is 0.151 e. The van der Waals surface area contributed by atoms with Crippen molar-refractivity contribution in [1.82, 2.24) is 10.2 Å². The number of phenolic OH excluding ortho intramolecular Hbond substituents is 1. The first kappa shape index (κ1) is 11.9. The largest absolute Gasteiger partial charge is 0.507 e. The molecule has 1 atom stereocenters. The van der Waals surface area contributed by atoms with Gasteiger partial charge in [0.1, 0.15) is 5.75 Å². The number of aromatic nitrogens is 2. The molecule has 0 spiro atoms. The van der Waals surface area contributed by atoms with Crippen molar-refractivity contribution in [2.24, 2.45) is 0 Å². The molecule has 5 heteroatoms. The van der Waals surface area contributed by atoms with Crippen LogP contribution in [0.5, 0.6) is 5.75 Å². The predicted octanol–water partition coefficient (Wildman–Crippen LogP) is 2.28. The van der Waals surface area contributed by atoms with Gasteiger partial charge >= 0.3 is 0 Å². The van der Waals surface area contributed by atoms with Crippen LogP contribution in [0.3, 0.4) is 0 Å². The number of ether oxygens (including phenoxy) is 1. The maximum atomic E-state index is 9.86. The third-order valence-corrected chi connectivity index (χ3v) is 3.31. The SMILES string of the molecule is Nc1nnc(-c2ccccc2O)cc1[C@H]1CCCO1. The molecule has 2 aromatic rings. The van der Waals surface area contributed by atoms with Gasteiger partial charge in [-0.05, 0) is 31.0 Å². The van der Waals surface area contributed by atoms with Gasteiger partial charge < -0.3 is 15.6 Å². The Morgan fingerprint density at radius 1 is 1.26 bits per heavy atom. The quantitative estimate of drug-likeness (QED) is 0.862. The lowest BCUT2D eigenvalue weighted by molar-refractivity contribution is 0.112. The molecule has 0 unspecified atom stereocenters. The fourth-order valence-electron chi connectivity index (χ4n) is 2.32. The highest BCUT2D eigenvalue weighted by Crippen LogP contribution is 2.34. The van der Waals surface area contributed by atoms with Gasteiger partial charge in [0.25, 0.3) is 0 Å². The molecule has 0 saturated carbocycles. The molecule has 98 valence electrons. The number of benzene rings is 1. The molecule has 0 aliphatic carbocycles. The molecule has 1 aliphatic rings. The van der Waals surface area contributed by atoms with E-state index in [2.05, 4.69) is 10.2 Å². The van der Waals surface area contributed by atoms with Crippen molar-refractivity contribution in [3.05, 3.63) is 35.9 Å². The molecule has 1 saturated heterocycles. The topological polar surface area (TPSA) is 81.3 Å². The van der Waals surface area contributed by atoms with Gasteiger partial charge in [-0.2, -0.15) is 0 Å². The monoisotopic (exact) mass is 257 g/mol. The minimum atomic E-state index is -0.0138. The summed E-state index contributed by atoms with van der Waals surface area (Å²) >= 11 is 0. The summed E-state index contributed by atoms with van der Waals surface area (Å²) < 4.78 is 5.63.